The molecule has 0 atom stereocenters. The first-order valence-electron chi connectivity index (χ1n) is 9.27. The van der Waals surface area contributed by atoms with E-state index >= 15 is 0 Å². The van der Waals surface area contributed by atoms with Crippen LogP contribution in [0, 0.1) is 16.0 Å². The number of carbonyl (C=O) groups excluding carboxylic acids is 2. The molecule has 2 heterocycles. The molecule has 1 fully saturated rings. The molecule has 0 unspecified atom stereocenters. The summed E-state index contributed by atoms with van der Waals surface area (Å²) >= 11 is 0. The number of carbonyl (C=O) groups is 2. The Balaban J connectivity index is 1.50. The molecule has 0 radical (unpaired) electrons. The number of nitrogens with zero attached hydrogens (tertiary/aromatic N) is 2. The van der Waals surface area contributed by atoms with Gasteiger partial charge in [0, 0.05) is 31.5 Å². The third kappa shape index (κ3) is 3.46. The number of rotatable bonds is 5. The van der Waals surface area contributed by atoms with Crippen LogP contribution in [0.1, 0.15) is 33.6 Å². The van der Waals surface area contributed by atoms with E-state index in [2.05, 4.69) is 5.32 Å². The molecule has 2 N–H and O–H groups in total. The first-order chi connectivity index (χ1) is 13.5. The van der Waals surface area contributed by atoms with Crippen LogP contribution in [0.15, 0.2) is 42.5 Å². The zero-order valence-corrected chi connectivity index (χ0v) is 15.2. The molecule has 2 aliphatic heterocycles. The van der Waals surface area contributed by atoms with Crippen molar-refractivity contribution in [1.82, 2.24) is 4.90 Å². The number of nitro groups is 1. The monoisotopic (exact) mass is 382 g/mol. The van der Waals surface area contributed by atoms with Gasteiger partial charge in [-0.1, -0.05) is 0 Å². The number of benzene rings is 2. The normalized spacial score (nSPS) is 16.9. The maximum Gasteiger partial charge on any atom is 0.269 e. The van der Waals surface area contributed by atoms with Gasteiger partial charge in [-0.05, 0) is 36.2 Å². The Morgan fingerprint density at radius 3 is 2.32 bits per heavy atom. The van der Waals surface area contributed by atoms with Crippen LogP contribution in [-0.4, -0.2) is 41.3 Å². The lowest BCUT2D eigenvalue weighted by Crippen LogP contribution is -2.86. The molecule has 0 saturated carbocycles. The summed E-state index contributed by atoms with van der Waals surface area (Å²) in [5, 5.41) is 13.0. The average Bonchev–Trinajstić information content (AvgIpc) is 2.94. The van der Waals surface area contributed by atoms with E-state index in [0.717, 1.165) is 25.9 Å². The molecule has 2 amide bonds. The molecule has 2 aromatic rings. The Morgan fingerprint density at radius 2 is 1.64 bits per heavy atom. The number of nitro benzene ring substituents is 1. The van der Waals surface area contributed by atoms with Crippen molar-refractivity contribution in [3.05, 3.63) is 63.7 Å². The quantitative estimate of drug-likeness (QED) is 0.483. The van der Waals surface area contributed by atoms with Gasteiger partial charge in [0.15, 0.2) is 0 Å². The molecule has 8 nitrogen and oxygen atoms in total. The van der Waals surface area contributed by atoms with Crippen molar-refractivity contribution in [3.8, 4) is 11.5 Å². The van der Waals surface area contributed by atoms with E-state index in [0.29, 0.717) is 35.1 Å². The molecule has 0 aliphatic carbocycles. The van der Waals surface area contributed by atoms with E-state index in [9.17, 15) is 19.7 Å². The molecule has 144 valence electrons. The van der Waals surface area contributed by atoms with Crippen LogP contribution in [0.5, 0.6) is 11.5 Å². The summed E-state index contributed by atoms with van der Waals surface area (Å²) in [5.74, 6) is 0.628. The van der Waals surface area contributed by atoms with Crippen molar-refractivity contribution in [2.24, 2.45) is 5.92 Å². The number of fused-ring (bicyclic) bond motifs is 1. The molecule has 0 aromatic heterocycles. The molecular formula is C20H20N3O5+. The van der Waals surface area contributed by atoms with Gasteiger partial charge in [0.1, 0.15) is 11.5 Å². The van der Waals surface area contributed by atoms with E-state index in [1.807, 2.05) is 0 Å². The summed E-state index contributed by atoms with van der Waals surface area (Å²) in [6, 6.07) is 10.5. The van der Waals surface area contributed by atoms with Gasteiger partial charge in [0.2, 0.25) is 0 Å². The zero-order chi connectivity index (χ0) is 19.7. The Morgan fingerprint density at radius 1 is 1.00 bits per heavy atom. The lowest BCUT2D eigenvalue weighted by Gasteiger charge is -2.24. The molecule has 28 heavy (non-hydrogen) atoms. The third-order valence-corrected chi connectivity index (χ3v) is 5.22. The van der Waals surface area contributed by atoms with Crippen LogP contribution in [0.3, 0.4) is 0 Å². The average molecular weight is 382 g/mol. The van der Waals surface area contributed by atoms with Crippen LogP contribution in [0.4, 0.5) is 5.69 Å². The van der Waals surface area contributed by atoms with E-state index < -0.39 is 4.92 Å². The van der Waals surface area contributed by atoms with Gasteiger partial charge >= 0.3 is 0 Å². The van der Waals surface area contributed by atoms with Gasteiger partial charge in [-0.2, -0.15) is 0 Å². The maximum atomic E-state index is 12.8. The molecule has 0 spiro atoms. The maximum absolute atomic E-state index is 12.8. The number of nitrogens with two attached hydrogens (primary N) is 1. The molecule has 2 aliphatic rings. The van der Waals surface area contributed by atoms with Gasteiger partial charge in [0.25, 0.3) is 17.5 Å². The second-order valence-corrected chi connectivity index (χ2v) is 7.09. The van der Waals surface area contributed by atoms with E-state index in [-0.39, 0.29) is 17.5 Å². The summed E-state index contributed by atoms with van der Waals surface area (Å²) in [7, 11) is 0. The number of imide groups is 1. The smallest absolute Gasteiger partial charge is 0.269 e. The minimum atomic E-state index is -0.484. The Kier molecular flexibility index (Phi) is 4.79. The molecule has 0 bridgehead atoms. The lowest BCUT2D eigenvalue weighted by atomic mass is 9.97. The Labute approximate surface area is 161 Å². The number of quaternary nitrogens is 1. The fourth-order valence-corrected chi connectivity index (χ4v) is 3.71. The highest BCUT2D eigenvalue weighted by Crippen LogP contribution is 2.31. The summed E-state index contributed by atoms with van der Waals surface area (Å²) in [6.45, 7) is 2.51. The SMILES string of the molecule is O=C1c2ccc(Oc3ccc([N+](=O)[O-])cc3)cc2C(=O)N1CC1CC[NH2+]CC1. The summed E-state index contributed by atoms with van der Waals surface area (Å²) in [6.07, 6.45) is 2.00. The van der Waals surface area contributed by atoms with Gasteiger partial charge in [-0.25, -0.2) is 0 Å². The number of amides is 2. The standard InChI is InChI=1S/C20H19N3O5/c24-19-17-6-5-16(28-15-3-1-14(2-4-15)23(26)27)11-18(17)20(25)22(19)12-13-7-9-21-10-8-13/h1-6,11,13,21H,7-10,12H2/p+1. The van der Waals surface area contributed by atoms with Gasteiger partial charge in [-0.15, -0.1) is 0 Å². The minimum absolute atomic E-state index is 0.0296. The third-order valence-electron chi connectivity index (χ3n) is 5.22. The van der Waals surface area contributed by atoms with Crippen molar-refractivity contribution in [1.29, 1.82) is 0 Å². The Hall–Kier alpha value is -3.26. The number of ether oxygens (including phenoxy) is 1. The van der Waals surface area contributed by atoms with E-state index in [1.54, 1.807) is 18.2 Å². The van der Waals surface area contributed by atoms with Crippen LogP contribution in [0.25, 0.3) is 0 Å². The molecule has 1 saturated heterocycles. The first-order valence-corrected chi connectivity index (χ1v) is 9.27. The Bertz CT molecular complexity index is 935. The number of piperidine rings is 1. The van der Waals surface area contributed by atoms with Gasteiger partial charge in [-0.3, -0.25) is 24.6 Å². The second kappa shape index (κ2) is 7.40. The van der Waals surface area contributed by atoms with Crippen molar-refractivity contribution < 1.29 is 24.6 Å². The minimum Gasteiger partial charge on any atom is -0.457 e. The van der Waals surface area contributed by atoms with Gasteiger partial charge in [0.05, 0.1) is 29.1 Å². The summed E-state index contributed by atoms with van der Waals surface area (Å²) in [4.78, 5) is 37.0. The van der Waals surface area contributed by atoms with E-state index in [1.165, 1.54) is 29.2 Å². The van der Waals surface area contributed by atoms with Crippen molar-refractivity contribution in [2.45, 2.75) is 12.8 Å². The highest BCUT2D eigenvalue weighted by Gasteiger charge is 2.37. The zero-order valence-electron chi connectivity index (χ0n) is 15.2. The van der Waals surface area contributed by atoms with Crippen LogP contribution in [0.2, 0.25) is 0 Å². The highest BCUT2D eigenvalue weighted by atomic mass is 16.6. The first kappa shape index (κ1) is 18.1. The number of non-ortho nitro benzene ring substituents is 1. The van der Waals surface area contributed by atoms with Crippen molar-refractivity contribution >= 4 is 17.5 Å². The van der Waals surface area contributed by atoms with Crippen LogP contribution in [-0.2, 0) is 0 Å². The fourth-order valence-electron chi connectivity index (χ4n) is 3.71. The van der Waals surface area contributed by atoms with Crippen LogP contribution < -0.4 is 10.1 Å². The largest absolute Gasteiger partial charge is 0.457 e. The van der Waals surface area contributed by atoms with Crippen molar-refractivity contribution in [3.63, 3.8) is 0 Å². The molecule has 8 heteroatoms. The lowest BCUT2D eigenvalue weighted by molar-refractivity contribution is -0.664. The van der Waals surface area contributed by atoms with E-state index in [4.69, 9.17) is 4.74 Å². The fraction of sp³-hybridized carbons (Fsp3) is 0.300. The number of hydrogen-bond acceptors (Lipinski definition) is 5. The van der Waals surface area contributed by atoms with Crippen molar-refractivity contribution in [2.75, 3.05) is 19.6 Å². The predicted molar refractivity (Wildman–Crippen MR) is 99.4 cm³/mol. The summed E-state index contributed by atoms with van der Waals surface area (Å²) in [5.41, 5.74) is 0.702. The number of hydrogen-bond donors (Lipinski definition) is 1. The van der Waals surface area contributed by atoms with Crippen LogP contribution >= 0.6 is 0 Å². The molecule has 4 rings (SSSR count). The molecule has 2 aromatic carbocycles. The molecular weight excluding hydrogens is 362 g/mol. The van der Waals surface area contributed by atoms with Gasteiger partial charge < -0.3 is 10.1 Å². The second-order valence-electron chi connectivity index (χ2n) is 7.09. The topological polar surface area (TPSA) is 106 Å². The highest BCUT2D eigenvalue weighted by molar-refractivity contribution is 6.21. The predicted octanol–water partition coefficient (Wildman–Crippen LogP) is 1.96. The summed E-state index contributed by atoms with van der Waals surface area (Å²) < 4.78 is 5.70.